The van der Waals surface area contributed by atoms with Crippen molar-refractivity contribution in [2.75, 3.05) is 13.2 Å². The smallest absolute Gasteiger partial charge is 0.147 e. The van der Waals surface area contributed by atoms with E-state index in [1.54, 1.807) is 24.3 Å². The van der Waals surface area contributed by atoms with Crippen molar-refractivity contribution in [1.29, 1.82) is 0 Å². The third-order valence-corrected chi connectivity index (χ3v) is 8.57. The Balaban J connectivity index is 1.43. The molecule has 2 heterocycles. The van der Waals surface area contributed by atoms with Gasteiger partial charge < -0.3 is 55.4 Å². The molecule has 2 aromatic carbocycles. The molecule has 0 saturated carbocycles. The Kier molecular flexibility index (Phi) is 9.78. The summed E-state index contributed by atoms with van der Waals surface area (Å²) < 4.78 is 11.1. The lowest BCUT2D eigenvalue weighted by Crippen LogP contribution is -2.58. The second kappa shape index (κ2) is 13.2. The molecule has 9 N–H and O–H groups in total. The van der Waals surface area contributed by atoms with Crippen molar-refractivity contribution in [1.82, 2.24) is 0 Å². The van der Waals surface area contributed by atoms with Crippen LogP contribution in [0.5, 0.6) is 0 Å². The lowest BCUT2D eigenvalue weighted by atomic mass is 9.86. The van der Waals surface area contributed by atoms with E-state index in [9.17, 15) is 46.0 Å². The maximum absolute atomic E-state index is 12.1. The van der Waals surface area contributed by atoms with Crippen LogP contribution in [0.2, 0.25) is 0 Å². The van der Waals surface area contributed by atoms with E-state index in [-0.39, 0.29) is 13.0 Å². The van der Waals surface area contributed by atoms with Crippen molar-refractivity contribution < 1.29 is 55.4 Å². The predicted octanol–water partition coefficient (Wildman–Crippen LogP) is -1.52. The first kappa shape index (κ1) is 32.5. The Labute approximate surface area is 255 Å². The molecule has 2 aliphatic heterocycles. The quantitative estimate of drug-likeness (QED) is 0.178. The molecule has 0 bridgehead atoms. The first-order valence-electron chi connectivity index (χ1n) is 14.7. The standard InChI is InChI=1S/C33H38O11/c1-2-12-33(42)21-14-17(5-9-23-27(36)31(40)29(38)25(43-23)11-13-34)3-7-19(21)20-8-4-18(15-22(20)33)6-10-24-28(37)32(41)30(39)26(16-35)44-24/h3-4,7-8,14-15,23-32,34-42H,2,11-13,16H2,1H3/t23-,24-,25-,26-,27-,28-,29-,30-,31-,32-,33?/m1/s1. The number of ether oxygens (including phenoxy) is 2. The van der Waals surface area contributed by atoms with Crippen LogP contribution in [0.3, 0.4) is 0 Å². The Hall–Kier alpha value is -2.88. The van der Waals surface area contributed by atoms with Gasteiger partial charge in [0.15, 0.2) is 0 Å². The van der Waals surface area contributed by atoms with E-state index in [1.807, 2.05) is 19.1 Å². The monoisotopic (exact) mass is 610 g/mol. The minimum absolute atomic E-state index is 0.0686. The normalized spacial score (nSPS) is 36.0. The van der Waals surface area contributed by atoms with Gasteiger partial charge in [-0.05, 0) is 59.4 Å². The van der Waals surface area contributed by atoms with Gasteiger partial charge in [0.25, 0.3) is 0 Å². The van der Waals surface area contributed by atoms with E-state index in [1.165, 1.54) is 0 Å². The highest BCUT2D eigenvalue weighted by Gasteiger charge is 2.44. The molecule has 11 nitrogen and oxygen atoms in total. The lowest BCUT2D eigenvalue weighted by Gasteiger charge is -2.38. The number of hydrogen-bond acceptors (Lipinski definition) is 11. The number of rotatable bonds is 5. The van der Waals surface area contributed by atoms with E-state index in [0.29, 0.717) is 35.1 Å². The van der Waals surface area contributed by atoms with Crippen LogP contribution in [0, 0.1) is 23.7 Å². The highest BCUT2D eigenvalue weighted by Crippen LogP contribution is 2.50. The summed E-state index contributed by atoms with van der Waals surface area (Å²) >= 11 is 0. The van der Waals surface area contributed by atoms with Crippen molar-refractivity contribution in [2.45, 2.75) is 92.8 Å². The summed E-state index contributed by atoms with van der Waals surface area (Å²) in [4.78, 5) is 0. The molecule has 44 heavy (non-hydrogen) atoms. The molecule has 3 aliphatic rings. The molecular weight excluding hydrogens is 572 g/mol. The summed E-state index contributed by atoms with van der Waals surface area (Å²) in [5, 5.41) is 91.9. The van der Waals surface area contributed by atoms with E-state index >= 15 is 0 Å². The number of aliphatic hydroxyl groups is 9. The van der Waals surface area contributed by atoms with Gasteiger partial charge in [0.2, 0.25) is 0 Å². The molecule has 11 atom stereocenters. The van der Waals surface area contributed by atoms with Crippen LogP contribution in [-0.2, 0) is 15.1 Å². The van der Waals surface area contributed by atoms with E-state index in [4.69, 9.17) is 9.47 Å². The van der Waals surface area contributed by atoms with Gasteiger partial charge in [0.05, 0.1) is 12.7 Å². The summed E-state index contributed by atoms with van der Waals surface area (Å²) in [5.41, 5.74) is 2.57. The summed E-state index contributed by atoms with van der Waals surface area (Å²) in [6, 6.07) is 10.7. The first-order chi connectivity index (χ1) is 21.0. The molecule has 2 saturated heterocycles. The maximum atomic E-state index is 12.1. The first-order valence-corrected chi connectivity index (χ1v) is 14.7. The number of aliphatic hydroxyl groups excluding tert-OH is 8. The molecule has 1 aliphatic carbocycles. The average molecular weight is 611 g/mol. The van der Waals surface area contributed by atoms with Crippen LogP contribution in [0.15, 0.2) is 36.4 Å². The minimum Gasteiger partial charge on any atom is -0.396 e. The largest absolute Gasteiger partial charge is 0.396 e. The molecule has 236 valence electrons. The highest BCUT2D eigenvalue weighted by molar-refractivity contribution is 5.81. The average Bonchev–Trinajstić information content (AvgIpc) is 3.26. The Morgan fingerprint density at radius 1 is 0.682 bits per heavy atom. The Bertz CT molecular complexity index is 1470. The van der Waals surface area contributed by atoms with Crippen LogP contribution in [0.25, 0.3) is 11.1 Å². The fourth-order valence-corrected chi connectivity index (χ4v) is 6.14. The number of fused-ring (bicyclic) bond motifs is 3. The molecule has 0 amide bonds. The molecule has 0 radical (unpaired) electrons. The molecule has 2 fully saturated rings. The topological polar surface area (TPSA) is 201 Å². The van der Waals surface area contributed by atoms with Crippen LogP contribution in [0.1, 0.15) is 48.4 Å². The predicted molar refractivity (Wildman–Crippen MR) is 156 cm³/mol. The molecule has 11 heteroatoms. The fraction of sp³-hybridized carbons (Fsp3) is 0.515. The summed E-state index contributed by atoms with van der Waals surface area (Å²) in [6.07, 6.45) is -11.9. The minimum atomic E-state index is -1.53. The molecule has 5 rings (SSSR count). The Morgan fingerprint density at radius 2 is 1.16 bits per heavy atom. The third kappa shape index (κ3) is 5.90. The van der Waals surface area contributed by atoms with Crippen molar-refractivity contribution in [2.24, 2.45) is 0 Å². The lowest BCUT2D eigenvalue weighted by molar-refractivity contribution is -0.214. The summed E-state index contributed by atoms with van der Waals surface area (Å²) in [7, 11) is 0. The van der Waals surface area contributed by atoms with Crippen LogP contribution in [0.4, 0.5) is 0 Å². The third-order valence-electron chi connectivity index (χ3n) is 8.57. The van der Waals surface area contributed by atoms with E-state index < -0.39 is 73.2 Å². The molecule has 1 unspecified atom stereocenters. The van der Waals surface area contributed by atoms with Crippen molar-refractivity contribution in [3.05, 3.63) is 58.7 Å². The molecule has 0 spiro atoms. The van der Waals surface area contributed by atoms with Gasteiger partial charge in [-0.25, -0.2) is 0 Å². The van der Waals surface area contributed by atoms with E-state index in [0.717, 1.165) is 11.1 Å². The van der Waals surface area contributed by atoms with Crippen LogP contribution < -0.4 is 0 Å². The molecule has 0 aromatic heterocycles. The van der Waals surface area contributed by atoms with Crippen molar-refractivity contribution in [3.63, 3.8) is 0 Å². The van der Waals surface area contributed by atoms with Crippen LogP contribution in [-0.4, -0.2) is 120 Å². The zero-order valence-corrected chi connectivity index (χ0v) is 24.1. The van der Waals surface area contributed by atoms with Gasteiger partial charge in [0, 0.05) is 17.7 Å². The molecular formula is C33H38O11. The summed E-state index contributed by atoms with van der Waals surface area (Å²) in [5.74, 6) is 11.5. The van der Waals surface area contributed by atoms with Gasteiger partial charge in [-0.15, -0.1) is 0 Å². The Morgan fingerprint density at radius 3 is 1.61 bits per heavy atom. The van der Waals surface area contributed by atoms with E-state index in [2.05, 4.69) is 23.7 Å². The van der Waals surface area contributed by atoms with Crippen LogP contribution >= 0.6 is 0 Å². The maximum Gasteiger partial charge on any atom is 0.147 e. The number of benzene rings is 2. The SMILES string of the molecule is CCCC1(O)c2cc(C#C[C@H]3O[C@H](CO)[C@@H](O)[C@H](O)[C@@H]3O)ccc2-c2ccc(C#C[C@H]3O[C@H](CCO)[C@@H](O)[C@H](O)[C@@H]3O)cc21. The van der Waals surface area contributed by atoms with Crippen molar-refractivity contribution >= 4 is 0 Å². The number of hydrogen-bond donors (Lipinski definition) is 9. The van der Waals surface area contributed by atoms with Gasteiger partial charge in [0.1, 0.15) is 60.5 Å². The van der Waals surface area contributed by atoms with Gasteiger partial charge in [-0.2, -0.15) is 0 Å². The summed E-state index contributed by atoms with van der Waals surface area (Å²) in [6.45, 7) is 1.12. The second-order valence-electron chi connectivity index (χ2n) is 11.5. The van der Waals surface area contributed by atoms with Gasteiger partial charge in [-0.3, -0.25) is 0 Å². The van der Waals surface area contributed by atoms with Crippen molar-refractivity contribution in [3.8, 4) is 34.8 Å². The van der Waals surface area contributed by atoms with Gasteiger partial charge in [-0.1, -0.05) is 49.2 Å². The zero-order chi connectivity index (χ0) is 31.8. The highest BCUT2D eigenvalue weighted by atomic mass is 16.5. The zero-order valence-electron chi connectivity index (χ0n) is 24.1. The molecule has 2 aromatic rings. The fourth-order valence-electron chi connectivity index (χ4n) is 6.14. The van der Waals surface area contributed by atoms with Gasteiger partial charge >= 0.3 is 0 Å². The second-order valence-corrected chi connectivity index (χ2v) is 11.5.